The molecule has 214 valence electrons. The maximum absolute atomic E-state index is 6.52. The lowest BCUT2D eigenvalue weighted by Gasteiger charge is -2.41. The summed E-state index contributed by atoms with van der Waals surface area (Å²) in [7, 11) is 3.32. The first-order valence-electron chi connectivity index (χ1n) is 13.9. The summed E-state index contributed by atoms with van der Waals surface area (Å²) >= 11 is 6.52. The minimum atomic E-state index is -0.361. The van der Waals surface area contributed by atoms with E-state index < -0.39 is 0 Å². The van der Waals surface area contributed by atoms with Gasteiger partial charge >= 0.3 is 0 Å². The van der Waals surface area contributed by atoms with Crippen LogP contribution in [0.1, 0.15) is 28.4 Å². The molecule has 7 rings (SSSR count). The van der Waals surface area contributed by atoms with Gasteiger partial charge in [0, 0.05) is 21.8 Å². The Morgan fingerprint density at radius 3 is 2.40 bits per heavy atom. The summed E-state index contributed by atoms with van der Waals surface area (Å²) in [6.07, 6.45) is 0. The Bertz CT molecular complexity index is 1930. The molecule has 0 fully saturated rings. The number of methoxy groups -OCH3 is 2. The monoisotopic (exact) mass is 588 g/mol. The smallest absolute Gasteiger partial charge is 0.179 e. The minimum Gasteiger partial charge on any atom is -0.493 e. The van der Waals surface area contributed by atoms with Gasteiger partial charge in [0.1, 0.15) is 0 Å². The molecule has 8 nitrogen and oxygen atoms in total. The van der Waals surface area contributed by atoms with E-state index in [0.29, 0.717) is 28.2 Å². The summed E-state index contributed by atoms with van der Waals surface area (Å²) in [4.78, 5) is 12.6. The summed E-state index contributed by atoms with van der Waals surface area (Å²) < 4.78 is 13.6. The number of nitrogens with one attached hydrogen (secondary N) is 1. The molecule has 0 radical (unpaired) electrons. The van der Waals surface area contributed by atoms with Gasteiger partial charge in [-0.2, -0.15) is 5.10 Å². The average molecular weight is 589 g/mol. The second-order valence-electron chi connectivity index (χ2n) is 10.4. The zero-order chi connectivity index (χ0) is 29.7. The molecule has 1 atom stereocenters. The molecule has 0 spiro atoms. The molecule has 3 heterocycles. The van der Waals surface area contributed by atoms with E-state index in [2.05, 4.69) is 22.3 Å². The molecule has 0 unspecified atom stereocenters. The van der Waals surface area contributed by atoms with E-state index >= 15 is 0 Å². The first-order valence-corrected chi connectivity index (χ1v) is 14.3. The molecule has 2 aliphatic rings. The predicted octanol–water partition coefficient (Wildman–Crippen LogP) is 7.96. The SMILES string of the molecule is COc1cccc([C@H]2c3c(C)nn(-c4ccccc4)c3N=C3C(Nc4ccc(C)c(Cl)c4)=Nc4ccccc4N32)c1OC. The maximum Gasteiger partial charge on any atom is 0.179 e. The number of benzene rings is 4. The average Bonchev–Trinajstić information content (AvgIpc) is 3.37. The van der Waals surface area contributed by atoms with Gasteiger partial charge in [-0.1, -0.05) is 60.1 Å². The Morgan fingerprint density at radius 2 is 1.63 bits per heavy atom. The fourth-order valence-electron chi connectivity index (χ4n) is 5.78. The molecule has 0 aliphatic carbocycles. The zero-order valence-corrected chi connectivity index (χ0v) is 24.9. The second kappa shape index (κ2) is 10.6. The van der Waals surface area contributed by atoms with Crippen LogP contribution >= 0.6 is 11.6 Å². The molecule has 9 heteroatoms. The topological polar surface area (TPSA) is 76.3 Å². The van der Waals surface area contributed by atoms with Gasteiger partial charge in [0.15, 0.2) is 29.0 Å². The first kappa shape index (κ1) is 26.8. The molecule has 0 amide bonds. The number of halogens is 1. The summed E-state index contributed by atoms with van der Waals surface area (Å²) in [5, 5.41) is 9.20. The van der Waals surface area contributed by atoms with Crippen molar-refractivity contribution in [2.45, 2.75) is 19.9 Å². The van der Waals surface area contributed by atoms with Gasteiger partial charge in [-0.25, -0.2) is 14.7 Å². The molecule has 0 saturated carbocycles. The lowest BCUT2D eigenvalue weighted by molar-refractivity contribution is 0.350. The van der Waals surface area contributed by atoms with Crippen molar-refractivity contribution in [2.24, 2.45) is 9.98 Å². The number of anilines is 2. The zero-order valence-electron chi connectivity index (χ0n) is 24.2. The maximum atomic E-state index is 6.52. The highest BCUT2D eigenvalue weighted by Crippen LogP contribution is 2.51. The highest BCUT2D eigenvalue weighted by atomic mass is 35.5. The van der Waals surface area contributed by atoms with Gasteiger partial charge in [-0.3, -0.25) is 0 Å². The van der Waals surface area contributed by atoms with E-state index in [1.165, 1.54) is 0 Å². The third-order valence-corrected chi connectivity index (χ3v) is 8.21. The first-order chi connectivity index (χ1) is 21.0. The number of hydrogen-bond acceptors (Lipinski definition) is 7. The minimum absolute atomic E-state index is 0.361. The van der Waals surface area contributed by atoms with Crippen molar-refractivity contribution in [1.29, 1.82) is 0 Å². The molecule has 1 aromatic heterocycles. The van der Waals surface area contributed by atoms with Crippen LogP contribution in [0, 0.1) is 13.8 Å². The number of rotatable bonds is 5. The van der Waals surface area contributed by atoms with Crippen LogP contribution in [-0.4, -0.2) is 35.7 Å². The van der Waals surface area contributed by atoms with E-state index in [9.17, 15) is 0 Å². The fraction of sp³-hybridized carbons (Fsp3) is 0.147. The number of aryl methyl sites for hydroxylation is 2. The molecular weight excluding hydrogens is 560 g/mol. The predicted molar refractivity (Wildman–Crippen MR) is 173 cm³/mol. The number of nitrogens with zero attached hydrogens (tertiary/aromatic N) is 5. The number of aromatic nitrogens is 2. The van der Waals surface area contributed by atoms with Crippen LogP contribution in [0.2, 0.25) is 5.02 Å². The lowest BCUT2D eigenvalue weighted by Crippen LogP contribution is -2.46. The molecule has 4 aromatic carbocycles. The number of para-hydroxylation sites is 4. The summed E-state index contributed by atoms with van der Waals surface area (Å²) in [5.74, 6) is 3.25. The molecule has 5 aromatic rings. The molecule has 43 heavy (non-hydrogen) atoms. The largest absolute Gasteiger partial charge is 0.493 e. The van der Waals surface area contributed by atoms with E-state index in [1.807, 2.05) is 97.4 Å². The number of ether oxygens (including phenoxy) is 2. The Balaban J connectivity index is 1.52. The quantitative estimate of drug-likeness (QED) is 0.225. The van der Waals surface area contributed by atoms with E-state index in [-0.39, 0.29) is 6.04 Å². The highest BCUT2D eigenvalue weighted by Gasteiger charge is 2.43. The van der Waals surface area contributed by atoms with Crippen LogP contribution in [0.3, 0.4) is 0 Å². The molecule has 2 aliphatic heterocycles. The van der Waals surface area contributed by atoms with Crippen molar-refractivity contribution in [2.75, 3.05) is 24.4 Å². The van der Waals surface area contributed by atoms with E-state index in [4.69, 9.17) is 36.2 Å². The summed E-state index contributed by atoms with van der Waals surface area (Å²) in [6, 6.07) is 29.6. The Morgan fingerprint density at radius 1 is 0.837 bits per heavy atom. The van der Waals surface area contributed by atoms with Gasteiger partial charge in [0.2, 0.25) is 0 Å². The number of hydrogen-bond donors (Lipinski definition) is 1. The van der Waals surface area contributed by atoms with E-state index in [1.54, 1.807) is 14.2 Å². The Labute approximate surface area is 254 Å². The van der Waals surface area contributed by atoms with Gasteiger partial charge in [0.05, 0.1) is 43.0 Å². The summed E-state index contributed by atoms with van der Waals surface area (Å²) in [5.41, 5.74) is 7.19. The van der Waals surface area contributed by atoms with Crippen LogP contribution < -0.4 is 19.7 Å². The van der Waals surface area contributed by atoms with Crippen LogP contribution in [0.25, 0.3) is 5.69 Å². The molecular formula is C34H29ClN6O2. The molecule has 0 bridgehead atoms. The lowest BCUT2D eigenvalue weighted by atomic mass is 9.92. The normalized spacial score (nSPS) is 15.1. The number of fused-ring (bicyclic) bond motifs is 4. The van der Waals surface area contributed by atoms with Crippen LogP contribution in [0.4, 0.5) is 22.9 Å². The Hall–Kier alpha value is -5.08. The molecule has 0 saturated heterocycles. The highest BCUT2D eigenvalue weighted by molar-refractivity contribution is 6.51. The van der Waals surface area contributed by atoms with Crippen molar-refractivity contribution < 1.29 is 9.47 Å². The standard InChI is InChI=1S/C34H29ClN6O2/c1-20-17-18-22(19-25(20)35)36-32-34-38-33-29(21(2)39-41(33)23-11-6-5-7-12-23)30(24-13-10-16-28(42-3)31(24)43-4)40(34)27-15-9-8-14-26(27)37-32/h5-19,30H,1-4H3,(H,36,37)/t30-/m0/s1. The third kappa shape index (κ3) is 4.42. The molecule has 1 N–H and O–H groups in total. The van der Waals surface area contributed by atoms with Gasteiger partial charge in [0.25, 0.3) is 0 Å². The van der Waals surface area contributed by atoms with Crippen LogP contribution in [0.15, 0.2) is 101 Å². The van der Waals surface area contributed by atoms with Crippen molar-refractivity contribution in [3.8, 4) is 17.2 Å². The number of aliphatic imine (C=N–C) groups is 2. The summed E-state index contributed by atoms with van der Waals surface area (Å²) in [6.45, 7) is 4.00. The number of amidine groups is 2. The second-order valence-corrected chi connectivity index (χ2v) is 10.8. The van der Waals surface area contributed by atoms with Gasteiger partial charge < -0.3 is 19.7 Å². The van der Waals surface area contributed by atoms with Crippen molar-refractivity contribution in [3.63, 3.8) is 0 Å². The van der Waals surface area contributed by atoms with Crippen LogP contribution in [-0.2, 0) is 0 Å². The van der Waals surface area contributed by atoms with Gasteiger partial charge in [-0.05, 0) is 61.9 Å². The van der Waals surface area contributed by atoms with Gasteiger partial charge in [-0.15, -0.1) is 0 Å². The third-order valence-electron chi connectivity index (χ3n) is 7.80. The van der Waals surface area contributed by atoms with E-state index in [0.717, 1.165) is 51.0 Å². The fourth-order valence-corrected chi connectivity index (χ4v) is 5.96. The Kier molecular flexibility index (Phi) is 6.63. The van der Waals surface area contributed by atoms with Crippen LogP contribution in [0.5, 0.6) is 11.5 Å². The van der Waals surface area contributed by atoms with Crippen molar-refractivity contribution in [3.05, 3.63) is 118 Å². The van der Waals surface area contributed by atoms with Crippen molar-refractivity contribution >= 4 is 46.2 Å². The van der Waals surface area contributed by atoms with Crippen molar-refractivity contribution in [1.82, 2.24) is 9.78 Å².